The highest BCUT2D eigenvalue weighted by atomic mass is 16.4. The zero-order valence-corrected chi connectivity index (χ0v) is 9.87. The van der Waals surface area contributed by atoms with Crippen molar-refractivity contribution >= 4 is 6.29 Å². The van der Waals surface area contributed by atoms with Gasteiger partial charge in [0.05, 0.1) is 5.69 Å². The van der Waals surface area contributed by atoms with Crippen LogP contribution in [0.1, 0.15) is 73.5 Å². The number of hydrogen-bond acceptors (Lipinski definition) is 3. The van der Waals surface area contributed by atoms with E-state index in [1.807, 2.05) is 0 Å². The highest BCUT2D eigenvalue weighted by molar-refractivity contribution is 5.67. The zero-order valence-electron chi connectivity index (χ0n) is 9.87. The number of hydrogen-bond donors (Lipinski definition) is 0. The highest BCUT2D eigenvalue weighted by Crippen LogP contribution is 2.33. The molecule has 1 saturated carbocycles. The van der Waals surface area contributed by atoms with Crippen LogP contribution in [0.3, 0.4) is 0 Å². The van der Waals surface area contributed by atoms with E-state index in [-0.39, 0.29) is 5.89 Å². The molecule has 0 aromatic carbocycles. The lowest BCUT2D eigenvalue weighted by Crippen LogP contribution is -2.01. The molecule has 1 aromatic heterocycles. The summed E-state index contributed by atoms with van der Waals surface area (Å²) >= 11 is 0. The Morgan fingerprint density at radius 3 is 2.56 bits per heavy atom. The van der Waals surface area contributed by atoms with E-state index in [1.54, 1.807) is 0 Å². The van der Waals surface area contributed by atoms with Gasteiger partial charge in [0, 0.05) is 12.3 Å². The van der Waals surface area contributed by atoms with Gasteiger partial charge in [-0.2, -0.15) is 0 Å². The van der Waals surface area contributed by atoms with E-state index in [0.717, 1.165) is 17.9 Å². The molecule has 3 heteroatoms. The molecule has 2 rings (SSSR count). The highest BCUT2D eigenvalue weighted by Gasteiger charge is 2.22. The van der Waals surface area contributed by atoms with Crippen molar-refractivity contribution in [3.8, 4) is 0 Å². The van der Waals surface area contributed by atoms with Crippen LogP contribution in [0.15, 0.2) is 4.42 Å². The van der Waals surface area contributed by atoms with Crippen molar-refractivity contribution in [2.24, 2.45) is 0 Å². The van der Waals surface area contributed by atoms with Gasteiger partial charge >= 0.3 is 0 Å². The molecule has 1 aliphatic rings. The lowest BCUT2D eigenvalue weighted by atomic mass is 9.95. The molecule has 0 saturated heterocycles. The van der Waals surface area contributed by atoms with Gasteiger partial charge in [-0.25, -0.2) is 4.98 Å². The first-order valence-corrected chi connectivity index (χ1v) is 6.30. The van der Waals surface area contributed by atoms with Gasteiger partial charge in [-0.15, -0.1) is 0 Å². The van der Waals surface area contributed by atoms with Gasteiger partial charge in [-0.3, -0.25) is 4.79 Å². The zero-order chi connectivity index (χ0) is 11.4. The maximum atomic E-state index is 10.7. The predicted octanol–water partition coefficient (Wildman–Crippen LogP) is 3.49. The van der Waals surface area contributed by atoms with Crippen molar-refractivity contribution in [2.75, 3.05) is 0 Å². The van der Waals surface area contributed by atoms with Crippen LogP contribution in [0.4, 0.5) is 0 Å². The Bertz CT molecular complexity index is 349. The second-order valence-corrected chi connectivity index (χ2v) is 4.52. The van der Waals surface area contributed by atoms with Crippen molar-refractivity contribution in [1.82, 2.24) is 4.98 Å². The number of aryl methyl sites for hydroxylation is 1. The number of oxazole rings is 1. The first-order valence-electron chi connectivity index (χ1n) is 6.30. The molecule has 0 unspecified atom stereocenters. The van der Waals surface area contributed by atoms with Crippen LogP contribution in [0.2, 0.25) is 0 Å². The van der Waals surface area contributed by atoms with Gasteiger partial charge in [-0.05, 0) is 12.8 Å². The Labute approximate surface area is 96.3 Å². The molecular formula is C13H19NO2. The molecule has 0 bridgehead atoms. The van der Waals surface area contributed by atoms with Crippen LogP contribution < -0.4 is 0 Å². The Hall–Kier alpha value is -1.12. The third kappa shape index (κ3) is 2.34. The molecule has 0 aliphatic heterocycles. The second-order valence-electron chi connectivity index (χ2n) is 4.52. The summed E-state index contributed by atoms with van der Waals surface area (Å²) in [4.78, 5) is 15.0. The number of carbonyl (C=O) groups excluding carboxylic acids is 1. The molecule has 0 radical (unpaired) electrons. The minimum Gasteiger partial charge on any atom is -0.439 e. The molecule has 0 spiro atoms. The number of aromatic nitrogens is 1. The minimum atomic E-state index is 0.246. The van der Waals surface area contributed by atoms with Gasteiger partial charge in [0.15, 0.2) is 0 Å². The maximum Gasteiger partial charge on any atom is 0.260 e. The topological polar surface area (TPSA) is 43.1 Å². The maximum absolute atomic E-state index is 10.7. The lowest BCUT2D eigenvalue weighted by molar-refractivity contribution is 0.109. The molecule has 0 N–H and O–H groups in total. The summed E-state index contributed by atoms with van der Waals surface area (Å²) in [7, 11) is 0. The Balaban J connectivity index is 2.22. The number of nitrogens with zero attached hydrogens (tertiary/aromatic N) is 1. The lowest BCUT2D eigenvalue weighted by Gasteiger charge is -2.11. The van der Waals surface area contributed by atoms with E-state index >= 15 is 0 Å². The summed E-state index contributed by atoms with van der Waals surface area (Å²) in [5.74, 6) is 1.67. The summed E-state index contributed by atoms with van der Waals surface area (Å²) in [6, 6.07) is 0. The summed E-state index contributed by atoms with van der Waals surface area (Å²) in [6.07, 6.45) is 9.13. The molecule has 3 nitrogen and oxygen atoms in total. The smallest absolute Gasteiger partial charge is 0.260 e. The first-order chi connectivity index (χ1) is 7.85. The van der Waals surface area contributed by atoms with Crippen molar-refractivity contribution in [3.63, 3.8) is 0 Å². The normalized spacial score (nSPS) is 18.3. The van der Waals surface area contributed by atoms with Gasteiger partial charge in [0.25, 0.3) is 5.89 Å². The molecule has 16 heavy (non-hydrogen) atoms. The van der Waals surface area contributed by atoms with E-state index in [0.29, 0.717) is 12.2 Å². The average Bonchev–Trinajstić information content (AvgIpc) is 2.55. The van der Waals surface area contributed by atoms with Gasteiger partial charge in [0.2, 0.25) is 6.29 Å². The molecule has 88 valence electrons. The quantitative estimate of drug-likeness (QED) is 0.579. The summed E-state index contributed by atoms with van der Waals surface area (Å²) < 4.78 is 5.43. The van der Waals surface area contributed by atoms with E-state index in [4.69, 9.17) is 4.42 Å². The molecule has 0 atom stereocenters. The van der Waals surface area contributed by atoms with E-state index in [2.05, 4.69) is 11.9 Å². The molecule has 1 aromatic rings. The van der Waals surface area contributed by atoms with Crippen molar-refractivity contribution in [3.05, 3.63) is 17.3 Å². The van der Waals surface area contributed by atoms with Crippen LogP contribution in [0, 0.1) is 0 Å². The number of carbonyl (C=O) groups is 1. The van der Waals surface area contributed by atoms with E-state index < -0.39 is 0 Å². The number of rotatable bonds is 3. The van der Waals surface area contributed by atoms with E-state index in [1.165, 1.54) is 38.5 Å². The van der Waals surface area contributed by atoms with Crippen LogP contribution in [-0.4, -0.2) is 11.3 Å². The van der Waals surface area contributed by atoms with Crippen molar-refractivity contribution < 1.29 is 9.21 Å². The molecule has 0 amide bonds. The van der Waals surface area contributed by atoms with Crippen LogP contribution in [0.25, 0.3) is 0 Å². The summed E-state index contributed by atoms with van der Waals surface area (Å²) in [5, 5.41) is 0. The van der Waals surface area contributed by atoms with Gasteiger partial charge < -0.3 is 4.42 Å². The third-order valence-electron chi connectivity index (χ3n) is 3.41. The third-order valence-corrected chi connectivity index (χ3v) is 3.41. The SMILES string of the molecule is CCc1oc(C=O)nc1C1CCCCCC1. The predicted molar refractivity (Wildman–Crippen MR) is 61.7 cm³/mol. The van der Waals surface area contributed by atoms with Crippen molar-refractivity contribution in [1.29, 1.82) is 0 Å². The first kappa shape index (κ1) is 11.4. The standard InChI is InChI=1S/C13H19NO2/c1-2-11-13(14-12(9-15)16-11)10-7-5-3-4-6-8-10/h9-10H,2-8H2,1H3. The molecule has 1 aliphatic carbocycles. The fourth-order valence-electron chi connectivity index (χ4n) is 2.56. The van der Waals surface area contributed by atoms with E-state index in [9.17, 15) is 4.79 Å². The summed E-state index contributed by atoms with van der Waals surface area (Å²) in [6.45, 7) is 2.05. The fraction of sp³-hybridized carbons (Fsp3) is 0.692. The number of aldehydes is 1. The van der Waals surface area contributed by atoms with Crippen molar-refractivity contribution in [2.45, 2.75) is 57.8 Å². The molecular weight excluding hydrogens is 202 g/mol. The fourth-order valence-corrected chi connectivity index (χ4v) is 2.56. The minimum absolute atomic E-state index is 0.246. The Morgan fingerprint density at radius 2 is 2.00 bits per heavy atom. The Kier molecular flexibility index (Phi) is 3.75. The average molecular weight is 221 g/mol. The molecule has 1 fully saturated rings. The van der Waals surface area contributed by atoms with Crippen LogP contribution in [-0.2, 0) is 6.42 Å². The summed E-state index contributed by atoms with van der Waals surface area (Å²) in [5.41, 5.74) is 1.05. The Morgan fingerprint density at radius 1 is 1.31 bits per heavy atom. The van der Waals surface area contributed by atoms with Crippen LogP contribution >= 0.6 is 0 Å². The molecule has 1 heterocycles. The van der Waals surface area contributed by atoms with Gasteiger partial charge in [-0.1, -0.05) is 32.6 Å². The largest absolute Gasteiger partial charge is 0.439 e. The van der Waals surface area contributed by atoms with Crippen LogP contribution in [0.5, 0.6) is 0 Å². The monoisotopic (exact) mass is 221 g/mol. The second kappa shape index (κ2) is 5.28. The van der Waals surface area contributed by atoms with Gasteiger partial charge in [0.1, 0.15) is 5.76 Å².